The standard InChI is InChI=1S/C12H14N2O3/c1-3-4-8(2)11(15)14-10-7-13-6-5-9(10)12(16)17/h4-7H,3H2,1-2H3,(H,14,15)(H,16,17). The molecule has 0 aliphatic heterocycles. The molecule has 0 fully saturated rings. The van der Waals surface area contributed by atoms with Gasteiger partial charge >= 0.3 is 5.97 Å². The molecular weight excluding hydrogens is 220 g/mol. The van der Waals surface area contributed by atoms with E-state index >= 15 is 0 Å². The Morgan fingerprint density at radius 1 is 1.53 bits per heavy atom. The summed E-state index contributed by atoms with van der Waals surface area (Å²) in [7, 11) is 0. The first-order valence-corrected chi connectivity index (χ1v) is 5.21. The van der Waals surface area contributed by atoms with Crippen molar-refractivity contribution >= 4 is 17.6 Å². The average molecular weight is 234 g/mol. The Morgan fingerprint density at radius 2 is 2.24 bits per heavy atom. The number of pyridine rings is 1. The summed E-state index contributed by atoms with van der Waals surface area (Å²) in [6.07, 6.45) is 5.21. The van der Waals surface area contributed by atoms with Crippen molar-refractivity contribution < 1.29 is 14.7 Å². The topological polar surface area (TPSA) is 79.3 Å². The van der Waals surface area contributed by atoms with E-state index in [-0.39, 0.29) is 17.2 Å². The summed E-state index contributed by atoms with van der Waals surface area (Å²) in [4.78, 5) is 26.4. The first-order valence-electron chi connectivity index (χ1n) is 5.21. The lowest BCUT2D eigenvalue weighted by Crippen LogP contribution is -2.15. The number of amides is 1. The fraction of sp³-hybridized carbons (Fsp3) is 0.250. The van der Waals surface area contributed by atoms with Crippen molar-refractivity contribution in [1.82, 2.24) is 4.98 Å². The van der Waals surface area contributed by atoms with Crippen molar-refractivity contribution in [2.75, 3.05) is 5.32 Å². The van der Waals surface area contributed by atoms with Gasteiger partial charge in [-0.1, -0.05) is 13.0 Å². The summed E-state index contributed by atoms with van der Waals surface area (Å²) in [5.41, 5.74) is 0.777. The third-order valence-electron chi connectivity index (χ3n) is 2.17. The van der Waals surface area contributed by atoms with Crippen molar-refractivity contribution in [2.45, 2.75) is 20.3 Å². The van der Waals surface area contributed by atoms with Gasteiger partial charge < -0.3 is 10.4 Å². The normalized spacial score (nSPS) is 11.1. The largest absolute Gasteiger partial charge is 0.478 e. The zero-order valence-corrected chi connectivity index (χ0v) is 9.73. The molecule has 1 heterocycles. The molecule has 0 radical (unpaired) electrons. The molecule has 0 unspecified atom stereocenters. The molecule has 0 bridgehead atoms. The Morgan fingerprint density at radius 3 is 2.82 bits per heavy atom. The molecule has 0 aromatic carbocycles. The van der Waals surface area contributed by atoms with E-state index in [4.69, 9.17) is 5.11 Å². The average Bonchev–Trinajstić information content (AvgIpc) is 2.29. The minimum absolute atomic E-state index is 0.0256. The number of carboxylic acid groups (broad SMARTS) is 1. The van der Waals surface area contributed by atoms with Gasteiger partial charge in [0.15, 0.2) is 0 Å². The third-order valence-corrected chi connectivity index (χ3v) is 2.17. The molecule has 5 nitrogen and oxygen atoms in total. The zero-order chi connectivity index (χ0) is 12.8. The van der Waals surface area contributed by atoms with E-state index in [1.165, 1.54) is 18.5 Å². The van der Waals surface area contributed by atoms with Gasteiger partial charge in [-0.15, -0.1) is 0 Å². The summed E-state index contributed by atoms with van der Waals surface area (Å²) in [6.45, 7) is 3.60. The van der Waals surface area contributed by atoms with E-state index in [0.717, 1.165) is 6.42 Å². The monoisotopic (exact) mass is 234 g/mol. The Balaban J connectivity index is 2.92. The van der Waals surface area contributed by atoms with Crippen molar-refractivity contribution in [3.05, 3.63) is 35.7 Å². The van der Waals surface area contributed by atoms with Crippen LogP contribution in [0.2, 0.25) is 0 Å². The predicted octanol–water partition coefficient (Wildman–Crippen LogP) is 2.07. The fourth-order valence-electron chi connectivity index (χ4n) is 1.30. The van der Waals surface area contributed by atoms with Crippen LogP contribution in [0.4, 0.5) is 5.69 Å². The van der Waals surface area contributed by atoms with Crippen LogP contribution in [-0.4, -0.2) is 22.0 Å². The number of nitrogens with one attached hydrogen (secondary N) is 1. The fourth-order valence-corrected chi connectivity index (χ4v) is 1.30. The first-order chi connectivity index (χ1) is 8.06. The summed E-state index contributed by atoms with van der Waals surface area (Å²) < 4.78 is 0. The van der Waals surface area contributed by atoms with E-state index in [0.29, 0.717) is 5.57 Å². The molecule has 0 atom stereocenters. The van der Waals surface area contributed by atoms with Crippen molar-refractivity contribution in [2.24, 2.45) is 0 Å². The highest BCUT2D eigenvalue weighted by Crippen LogP contribution is 2.14. The molecule has 17 heavy (non-hydrogen) atoms. The Bertz CT molecular complexity index is 467. The molecule has 1 aromatic heterocycles. The van der Waals surface area contributed by atoms with Crippen LogP contribution in [0.25, 0.3) is 0 Å². The van der Waals surface area contributed by atoms with Gasteiger partial charge in [-0.3, -0.25) is 9.78 Å². The van der Waals surface area contributed by atoms with Crippen molar-refractivity contribution in [3.8, 4) is 0 Å². The third kappa shape index (κ3) is 3.41. The lowest BCUT2D eigenvalue weighted by molar-refractivity contribution is -0.112. The highest BCUT2D eigenvalue weighted by Gasteiger charge is 2.12. The number of aromatic carboxylic acids is 1. The summed E-state index contributed by atoms with van der Waals surface area (Å²) in [5, 5.41) is 11.5. The molecule has 5 heteroatoms. The second kappa shape index (κ2) is 5.79. The van der Waals surface area contributed by atoms with Gasteiger partial charge in [0.1, 0.15) is 0 Å². The summed E-state index contributed by atoms with van der Waals surface area (Å²) in [5.74, 6) is -1.41. The molecule has 1 amide bonds. The number of hydrogen-bond acceptors (Lipinski definition) is 3. The van der Waals surface area contributed by atoms with Crippen LogP contribution in [0.15, 0.2) is 30.1 Å². The lowest BCUT2D eigenvalue weighted by atomic mass is 10.2. The Labute approximate surface area is 99.2 Å². The molecule has 2 N–H and O–H groups in total. The van der Waals surface area contributed by atoms with Crippen LogP contribution >= 0.6 is 0 Å². The second-order valence-corrected chi connectivity index (χ2v) is 3.48. The van der Waals surface area contributed by atoms with E-state index in [1.807, 2.05) is 6.92 Å². The molecule has 0 saturated carbocycles. The van der Waals surface area contributed by atoms with E-state index in [9.17, 15) is 9.59 Å². The quantitative estimate of drug-likeness (QED) is 0.781. The molecule has 1 aromatic rings. The number of nitrogens with zero attached hydrogens (tertiary/aromatic N) is 1. The van der Waals surface area contributed by atoms with Crippen molar-refractivity contribution in [3.63, 3.8) is 0 Å². The van der Waals surface area contributed by atoms with Crippen LogP contribution in [0, 0.1) is 0 Å². The van der Waals surface area contributed by atoms with Gasteiger partial charge in [-0.25, -0.2) is 4.79 Å². The van der Waals surface area contributed by atoms with Crippen molar-refractivity contribution in [1.29, 1.82) is 0 Å². The number of hydrogen-bond donors (Lipinski definition) is 2. The number of aromatic nitrogens is 1. The van der Waals surface area contributed by atoms with Gasteiger partial charge in [0.05, 0.1) is 17.4 Å². The SMILES string of the molecule is CCC=C(C)C(=O)Nc1cnccc1C(=O)O. The van der Waals surface area contributed by atoms with E-state index in [1.54, 1.807) is 13.0 Å². The van der Waals surface area contributed by atoms with Crippen LogP contribution in [0.3, 0.4) is 0 Å². The number of rotatable bonds is 4. The smallest absolute Gasteiger partial charge is 0.337 e. The first kappa shape index (κ1) is 12.9. The number of carbonyl (C=O) groups is 2. The lowest BCUT2D eigenvalue weighted by Gasteiger charge is -2.07. The van der Waals surface area contributed by atoms with Crippen LogP contribution in [0.5, 0.6) is 0 Å². The van der Waals surface area contributed by atoms with Gasteiger partial charge in [-0.2, -0.15) is 0 Å². The molecule has 1 rings (SSSR count). The zero-order valence-electron chi connectivity index (χ0n) is 9.73. The maximum atomic E-state index is 11.7. The maximum Gasteiger partial charge on any atom is 0.337 e. The minimum Gasteiger partial charge on any atom is -0.478 e. The highest BCUT2D eigenvalue weighted by atomic mass is 16.4. The number of carbonyl (C=O) groups excluding carboxylic acids is 1. The highest BCUT2D eigenvalue weighted by molar-refractivity contribution is 6.06. The van der Waals surface area contributed by atoms with Gasteiger partial charge in [0.2, 0.25) is 0 Å². The Hall–Kier alpha value is -2.17. The molecule has 0 spiro atoms. The molecule has 0 saturated heterocycles. The van der Waals surface area contributed by atoms with Crippen LogP contribution in [-0.2, 0) is 4.79 Å². The van der Waals surface area contributed by atoms with E-state index in [2.05, 4.69) is 10.3 Å². The van der Waals surface area contributed by atoms with E-state index < -0.39 is 5.97 Å². The van der Waals surface area contributed by atoms with Crippen LogP contribution < -0.4 is 5.32 Å². The second-order valence-electron chi connectivity index (χ2n) is 3.48. The van der Waals surface area contributed by atoms with Gasteiger partial charge in [-0.05, 0) is 19.4 Å². The molecular formula is C12H14N2O3. The number of allylic oxidation sites excluding steroid dienone is 1. The number of anilines is 1. The molecule has 0 aliphatic rings. The molecule has 90 valence electrons. The maximum absolute atomic E-state index is 11.7. The number of carboxylic acids is 1. The summed E-state index contributed by atoms with van der Waals surface area (Å²) in [6, 6.07) is 1.34. The van der Waals surface area contributed by atoms with Gasteiger partial charge in [0.25, 0.3) is 5.91 Å². The summed E-state index contributed by atoms with van der Waals surface area (Å²) >= 11 is 0. The molecule has 0 aliphatic carbocycles. The minimum atomic E-state index is -1.10. The Kier molecular flexibility index (Phi) is 4.39. The predicted molar refractivity (Wildman–Crippen MR) is 63.9 cm³/mol. The van der Waals surface area contributed by atoms with Crippen LogP contribution in [0.1, 0.15) is 30.6 Å². The van der Waals surface area contributed by atoms with Gasteiger partial charge in [0, 0.05) is 11.8 Å².